The lowest BCUT2D eigenvalue weighted by atomic mass is 10.0. The Morgan fingerprint density at radius 1 is 0.808 bits per heavy atom. The maximum Gasteiger partial charge on any atom is 0.283 e. The molecular weight excluding hydrogens is 318 g/mol. The molecule has 3 nitrogen and oxygen atoms in total. The van der Waals surface area contributed by atoms with Crippen molar-refractivity contribution < 1.29 is 4.57 Å². The van der Waals surface area contributed by atoms with E-state index in [-0.39, 0.29) is 6.17 Å². The average molecular weight is 344 g/mol. The number of pyridine rings is 1. The van der Waals surface area contributed by atoms with Gasteiger partial charge in [0, 0.05) is 6.07 Å². The summed E-state index contributed by atoms with van der Waals surface area (Å²) in [4.78, 5) is 4.90. The number of anilines is 4. The van der Waals surface area contributed by atoms with E-state index in [4.69, 9.17) is 0 Å². The first-order valence-electron chi connectivity index (χ1n) is 9.19. The van der Waals surface area contributed by atoms with E-state index in [2.05, 4.69) is 110 Å². The third kappa shape index (κ3) is 2.47. The first-order valence-corrected chi connectivity index (χ1v) is 9.19. The van der Waals surface area contributed by atoms with Crippen LogP contribution in [-0.2, 0) is 7.05 Å². The topological polar surface area (TPSA) is 10.4 Å². The highest BCUT2D eigenvalue weighted by Crippen LogP contribution is 2.48. The van der Waals surface area contributed by atoms with Gasteiger partial charge in [-0.3, -0.25) is 4.90 Å². The normalized spacial score (nSPS) is 16.1. The van der Waals surface area contributed by atoms with Gasteiger partial charge in [0.2, 0.25) is 0 Å². The SMILES string of the molecule is Cc1cc(C)c(N2c3ccccc3N(c3cccc[n+]3C)[C@@H]2C)c(C)c1. The van der Waals surface area contributed by atoms with Crippen LogP contribution in [0.25, 0.3) is 0 Å². The minimum atomic E-state index is 0.195. The van der Waals surface area contributed by atoms with E-state index in [0.29, 0.717) is 0 Å². The van der Waals surface area contributed by atoms with Crippen molar-refractivity contribution >= 4 is 22.9 Å². The summed E-state index contributed by atoms with van der Waals surface area (Å²) in [7, 11) is 2.11. The van der Waals surface area contributed by atoms with E-state index < -0.39 is 0 Å². The van der Waals surface area contributed by atoms with Crippen molar-refractivity contribution in [3.05, 3.63) is 77.5 Å². The lowest BCUT2D eigenvalue weighted by molar-refractivity contribution is -0.658. The molecule has 0 N–H and O–H groups in total. The Morgan fingerprint density at radius 2 is 1.38 bits per heavy atom. The summed E-state index contributed by atoms with van der Waals surface area (Å²) >= 11 is 0. The van der Waals surface area contributed by atoms with Crippen LogP contribution in [0.2, 0.25) is 0 Å². The maximum atomic E-state index is 2.48. The van der Waals surface area contributed by atoms with Crippen molar-refractivity contribution in [3.63, 3.8) is 0 Å². The molecule has 1 aliphatic heterocycles. The van der Waals surface area contributed by atoms with Crippen LogP contribution < -0.4 is 14.4 Å². The molecule has 0 fully saturated rings. The molecule has 0 saturated heterocycles. The highest BCUT2D eigenvalue weighted by molar-refractivity contribution is 5.88. The van der Waals surface area contributed by atoms with Gasteiger partial charge in [-0.2, -0.15) is 0 Å². The van der Waals surface area contributed by atoms with Gasteiger partial charge in [0.25, 0.3) is 5.82 Å². The number of rotatable bonds is 2. The fraction of sp³-hybridized carbons (Fsp3) is 0.261. The third-order valence-electron chi connectivity index (χ3n) is 5.30. The van der Waals surface area contributed by atoms with Crippen molar-refractivity contribution in [2.75, 3.05) is 9.80 Å². The summed E-state index contributed by atoms with van der Waals surface area (Å²) in [5.74, 6) is 1.19. The second-order valence-electron chi connectivity index (χ2n) is 7.28. The third-order valence-corrected chi connectivity index (χ3v) is 5.30. The Bertz CT molecular complexity index is 954. The zero-order chi connectivity index (χ0) is 18.4. The molecule has 0 spiro atoms. The second-order valence-corrected chi connectivity index (χ2v) is 7.28. The van der Waals surface area contributed by atoms with Gasteiger partial charge in [-0.1, -0.05) is 35.9 Å². The molecule has 26 heavy (non-hydrogen) atoms. The van der Waals surface area contributed by atoms with Gasteiger partial charge in [-0.15, -0.1) is 0 Å². The lowest BCUT2D eigenvalue weighted by Gasteiger charge is -2.28. The molecule has 3 aromatic rings. The minimum absolute atomic E-state index is 0.195. The number of hydrogen-bond donors (Lipinski definition) is 0. The molecule has 1 aromatic heterocycles. The average Bonchev–Trinajstić information content (AvgIpc) is 2.87. The Morgan fingerprint density at radius 3 is 2.00 bits per heavy atom. The molecule has 1 atom stereocenters. The number of benzene rings is 2. The van der Waals surface area contributed by atoms with E-state index in [1.54, 1.807) is 0 Å². The van der Waals surface area contributed by atoms with Gasteiger partial charge in [-0.05, 0) is 57.0 Å². The van der Waals surface area contributed by atoms with Crippen LogP contribution in [0.1, 0.15) is 23.6 Å². The van der Waals surface area contributed by atoms with Gasteiger partial charge in [0.1, 0.15) is 0 Å². The molecule has 2 heterocycles. The summed E-state index contributed by atoms with van der Waals surface area (Å²) in [5, 5.41) is 0. The molecule has 0 amide bonds. The van der Waals surface area contributed by atoms with Crippen molar-refractivity contribution in [2.24, 2.45) is 7.05 Å². The van der Waals surface area contributed by atoms with Crippen LogP contribution in [0.3, 0.4) is 0 Å². The van der Waals surface area contributed by atoms with Crippen molar-refractivity contribution in [1.82, 2.24) is 0 Å². The minimum Gasteiger partial charge on any atom is -0.298 e. The quantitative estimate of drug-likeness (QED) is 0.601. The molecule has 3 heteroatoms. The molecular formula is C23H26N3+. The van der Waals surface area contributed by atoms with Crippen LogP contribution in [0.15, 0.2) is 60.8 Å². The van der Waals surface area contributed by atoms with E-state index >= 15 is 0 Å². The van der Waals surface area contributed by atoms with E-state index in [9.17, 15) is 0 Å². The number of hydrogen-bond acceptors (Lipinski definition) is 2. The molecule has 2 aromatic carbocycles. The standard InChI is InChI=1S/C23H26N3/c1-16-14-17(2)23(18(3)15-16)26-19(4)25(20-10-6-7-11-21(20)26)22-12-8-9-13-24(22)5/h6-15,19H,1-5H3/q+1/t19-/m0/s1. The van der Waals surface area contributed by atoms with Gasteiger partial charge in [-0.25, -0.2) is 9.47 Å². The number of nitrogens with zero attached hydrogens (tertiary/aromatic N) is 3. The maximum absolute atomic E-state index is 2.48. The first-order chi connectivity index (χ1) is 12.5. The molecule has 0 unspecified atom stereocenters. The zero-order valence-corrected chi connectivity index (χ0v) is 16.2. The fourth-order valence-electron chi connectivity index (χ4n) is 4.33. The Hall–Kier alpha value is -2.81. The van der Waals surface area contributed by atoms with E-state index in [0.717, 1.165) is 0 Å². The Labute approximate surface area is 156 Å². The lowest BCUT2D eigenvalue weighted by Crippen LogP contribution is -2.43. The van der Waals surface area contributed by atoms with Gasteiger partial charge >= 0.3 is 0 Å². The highest BCUT2D eigenvalue weighted by Gasteiger charge is 2.42. The van der Waals surface area contributed by atoms with Crippen molar-refractivity contribution in [1.29, 1.82) is 0 Å². The Balaban J connectivity index is 1.93. The molecule has 0 aliphatic carbocycles. The summed E-state index contributed by atoms with van der Waals surface area (Å²) in [6, 6.07) is 19.6. The summed E-state index contributed by atoms with van der Waals surface area (Å²) < 4.78 is 2.19. The molecule has 132 valence electrons. The van der Waals surface area contributed by atoms with Crippen molar-refractivity contribution in [3.8, 4) is 0 Å². The van der Waals surface area contributed by atoms with Gasteiger partial charge < -0.3 is 0 Å². The van der Waals surface area contributed by atoms with Crippen LogP contribution in [-0.4, -0.2) is 6.17 Å². The number of aryl methyl sites for hydroxylation is 4. The monoisotopic (exact) mass is 344 g/mol. The molecule has 0 bridgehead atoms. The smallest absolute Gasteiger partial charge is 0.283 e. The van der Waals surface area contributed by atoms with Gasteiger partial charge in [0.05, 0.1) is 24.6 Å². The van der Waals surface area contributed by atoms with Crippen LogP contribution in [0.5, 0.6) is 0 Å². The number of fused-ring (bicyclic) bond motifs is 1. The summed E-state index contributed by atoms with van der Waals surface area (Å²) in [6.45, 7) is 8.89. The van der Waals surface area contributed by atoms with Crippen LogP contribution in [0, 0.1) is 20.8 Å². The van der Waals surface area contributed by atoms with Gasteiger partial charge in [0.15, 0.2) is 11.9 Å². The Kier molecular flexibility index (Phi) is 3.95. The fourth-order valence-corrected chi connectivity index (χ4v) is 4.33. The van der Waals surface area contributed by atoms with Crippen molar-refractivity contribution in [2.45, 2.75) is 33.9 Å². The number of aromatic nitrogens is 1. The highest BCUT2D eigenvalue weighted by atomic mass is 15.4. The summed E-state index contributed by atoms with van der Waals surface area (Å²) in [6.07, 6.45) is 2.30. The first kappa shape index (κ1) is 16.6. The number of para-hydroxylation sites is 2. The van der Waals surface area contributed by atoms with E-state index in [1.165, 1.54) is 39.6 Å². The predicted molar refractivity (Wildman–Crippen MR) is 108 cm³/mol. The van der Waals surface area contributed by atoms with Crippen LogP contribution in [0.4, 0.5) is 22.9 Å². The molecule has 1 aliphatic rings. The van der Waals surface area contributed by atoms with E-state index in [1.807, 2.05) is 0 Å². The van der Waals surface area contributed by atoms with Crippen LogP contribution >= 0.6 is 0 Å². The predicted octanol–water partition coefficient (Wildman–Crippen LogP) is 5.07. The zero-order valence-electron chi connectivity index (χ0n) is 16.2. The second kappa shape index (κ2) is 6.17. The molecule has 4 rings (SSSR count). The molecule has 0 saturated carbocycles. The largest absolute Gasteiger partial charge is 0.298 e. The summed E-state index contributed by atoms with van der Waals surface area (Å²) in [5.41, 5.74) is 7.79. The molecule has 0 radical (unpaired) electrons.